The first-order chi connectivity index (χ1) is 18.3. The standard InChI is InChI=1S/C34H27Br2NO/c1-33-17-18-34(2,38-33)31-20-22(7-16-30(31)33)24-19-23-5-3-4-6-29(23)32(21-24)37(27-12-8-25(35)9-13-27)28-14-10-26(36)11-15-28/h3-16,19-21H,17-18H2,1-2H3. The van der Waals surface area contributed by atoms with Gasteiger partial charge in [0.2, 0.25) is 0 Å². The second kappa shape index (κ2) is 8.81. The van der Waals surface area contributed by atoms with Crippen LogP contribution in [0, 0.1) is 0 Å². The molecule has 0 saturated carbocycles. The molecular weight excluding hydrogens is 598 g/mol. The molecule has 0 aliphatic carbocycles. The summed E-state index contributed by atoms with van der Waals surface area (Å²) in [4.78, 5) is 2.35. The lowest BCUT2D eigenvalue weighted by Crippen LogP contribution is -2.17. The van der Waals surface area contributed by atoms with Crippen molar-refractivity contribution >= 4 is 59.7 Å². The van der Waals surface area contributed by atoms with Crippen LogP contribution in [0.2, 0.25) is 0 Å². The van der Waals surface area contributed by atoms with Crippen LogP contribution in [0.1, 0.15) is 37.8 Å². The summed E-state index contributed by atoms with van der Waals surface area (Å²) in [6.07, 6.45) is 2.16. The van der Waals surface area contributed by atoms with Crippen molar-refractivity contribution in [2.24, 2.45) is 0 Å². The highest BCUT2D eigenvalue weighted by atomic mass is 79.9. The largest absolute Gasteiger partial charge is 0.360 e. The Morgan fingerprint density at radius 2 is 1.24 bits per heavy atom. The van der Waals surface area contributed by atoms with Crippen LogP contribution in [0.5, 0.6) is 0 Å². The molecule has 2 atom stereocenters. The molecule has 1 saturated heterocycles. The van der Waals surface area contributed by atoms with Crippen LogP contribution in [0.15, 0.2) is 112 Å². The molecule has 2 bridgehead atoms. The van der Waals surface area contributed by atoms with E-state index >= 15 is 0 Å². The highest BCUT2D eigenvalue weighted by Gasteiger charge is 2.54. The molecule has 2 heterocycles. The van der Waals surface area contributed by atoms with E-state index in [9.17, 15) is 0 Å². The van der Waals surface area contributed by atoms with Gasteiger partial charge >= 0.3 is 0 Å². The topological polar surface area (TPSA) is 12.5 Å². The first-order valence-corrected chi connectivity index (χ1v) is 14.6. The first kappa shape index (κ1) is 24.1. The molecule has 5 aromatic rings. The second-order valence-corrected chi connectivity index (χ2v) is 12.7. The molecular formula is C34H27Br2NO. The zero-order valence-corrected chi connectivity index (χ0v) is 24.5. The van der Waals surface area contributed by atoms with Gasteiger partial charge in [0.05, 0.1) is 16.9 Å². The number of fused-ring (bicyclic) bond motifs is 6. The smallest absolute Gasteiger partial charge is 0.0920 e. The van der Waals surface area contributed by atoms with Crippen LogP contribution in [-0.4, -0.2) is 0 Å². The van der Waals surface area contributed by atoms with Crippen LogP contribution in [0.4, 0.5) is 17.1 Å². The maximum atomic E-state index is 6.56. The van der Waals surface area contributed by atoms with E-state index < -0.39 is 0 Å². The first-order valence-electron chi connectivity index (χ1n) is 13.0. The zero-order valence-electron chi connectivity index (χ0n) is 21.3. The lowest BCUT2D eigenvalue weighted by atomic mass is 9.77. The van der Waals surface area contributed by atoms with E-state index in [0.717, 1.165) is 38.8 Å². The van der Waals surface area contributed by atoms with Gasteiger partial charge in [0, 0.05) is 25.7 Å². The molecule has 0 aromatic heterocycles. The molecule has 0 spiro atoms. The van der Waals surface area contributed by atoms with E-state index in [1.54, 1.807) is 0 Å². The van der Waals surface area contributed by atoms with Gasteiger partial charge in [-0.25, -0.2) is 0 Å². The van der Waals surface area contributed by atoms with Crippen LogP contribution in [0.3, 0.4) is 0 Å². The van der Waals surface area contributed by atoms with E-state index in [-0.39, 0.29) is 11.2 Å². The Balaban J connectivity index is 1.45. The number of nitrogens with zero attached hydrogens (tertiary/aromatic N) is 1. The molecule has 5 aromatic carbocycles. The van der Waals surface area contributed by atoms with Crippen molar-refractivity contribution in [3.05, 3.63) is 123 Å². The molecule has 2 nitrogen and oxygen atoms in total. The summed E-state index contributed by atoms with van der Waals surface area (Å²) in [5.41, 5.74) is 8.15. The Bertz CT molecular complexity index is 1650. The third-order valence-corrected chi connectivity index (χ3v) is 9.33. The molecule has 2 aliphatic heterocycles. The number of anilines is 3. The molecule has 0 amide bonds. The molecule has 1 fully saturated rings. The monoisotopic (exact) mass is 623 g/mol. The fourth-order valence-corrected chi connectivity index (χ4v) is 6.86. The second-order valence-electron chi connectivity index (χ2n) is 10.8. The molecule has 2 unspecified atom stereocenters. The average molecular weight is 625 g/mol. The third kappa shape index (κ3) is 3.85. The summed E-state index contributed by atoms with van der Waals surface area (Å²) in [7, 11) is 0. The number of halogens is 2. The van der Waals surface area contributed by atoms with E-state index in [1.165, 1.54) is 33.0 Å². The van der Waals surface area contributed by atoms with Gasteiger partial charge in [0.1, 0.15) is 0 Å². The van der Waals surface area contributed by atoms with Crippen LogP contribution in [0.25, 0.3) is 21.9 Å². The van der Waals surface area contributed by atoms with E-state index in [2.05, 4.69) is 154 Å². The van der Waals surface area contributed by atoms with Gasteiger partial charge in [0.25, 0.3) is 0 Å². The highest BCUT2D eigenvalue weighted by Crippen LogP contribution is 2.58. The fourth-order valence-electron chi connectivity index (χ4n) is 6.33. The van der Waals surface area contributed by atoms with Crippen molar-refractivity contribution in [2.45, 2.75) is 37.9 Å². The zero-order chi connectivity index (χ0) is 26.1. The van der Waals surface area contributed by atoms with Crippen molar-refractivity contribution in [1.29, 1.82) is 0 Å². The van der Waals surface area contributed by atoms with Gasteiger partial charge in [-0.2, -0.15) is 0 Å². The Kier molecular flexibility index (Phi) is 5.59. The summed E-state index contributed by atoms with van der Waals surface area (Å²) in [6, 6.07) is 37.3. The molecule has 38 heavy (non-hydrogen) atoms. The average Bonchev–Trinajstić information content (AvgIpc) is 3.37. The van der Waals surface area contributed by atoms with Crippen molar-refractivity contribution in [3.8, 4) is 11.1 Å². The number of ether oxygens (including phenoxy) is 1. The van der Waals surface area contributed by atoms with Gasteiger partial charge < -0.3 is 9.64 Å². The van der Waals surface area contributed by atoms with Crippen LogP contribution < -0.4 is 4.90 Å². The van der Waals surface area contributed by atoms with Gasteiger partial charge in [-0.1, -0.05) is 68.3 Å². The Labute approximate surface area is 240 Å². The Morgan fingerprint density at radius 3 is 1.89 bits per heavy atom. The summed E-state index contributed by atoms with van der Waals surface area (Å²) in [5.74, 6) is 0. The van der Waals surface area contributed by atoms with Gasteiger partial charge in [-0.05, 0) is 121 Å². The van der Waals surface area contributed by atoms with Crippen LogP contribution >= 0.6 is 31.9 Å². The van der Waals surface area contributed by atoms with Crippen LogP contribution in [-0.2, 0) is 15.9 Å². The van der Waals surface area contributed by atoms with E-state index in [4.69, 9.17) is 4.74 Å². The van der Waals surface area contributed by atoms with Crippen molar-refractivity contribution < 1.29 is 4.74 Å². The maximum absolute atomic E-state index is 6.56. The van der Waals surface area contributed by atoms with Crippen molar-refractivity contribution in [2.75, 3.05) is 4.90 Å². The molecule has 4 heteroatoms. The Hall–Kier alpha value is -2.92. The number of rotatable bonds is 4. The summed E-state index contributed by atoms with van der Waals surface area (Å²) >= 11 is 7.22. The number of hydrogen-bond donors (Lipinski definition) is 0. The van der Waals surface area contributed by atoms with Gasteiger partial charge in [0.15, 0.2) is 0 Å². The minimum atomic E-state index is -0.194. The maximum Gasteiger partial charge on any atom is 0.0920 e. The fraction of sp³-hybridized carbons (Fsp3) is 0.176. The molecule has 7 rings (SSSR count). The summed E-state index contributed by atoms with van der Waals surface area (Å²) < 4.78 is 8.68. The predicted octanol–water partition coefficient (Wildman–Crippen LogP) is 10.8. The lowest BCUT2D eigenvalue weighted by molar-refractivity contribution is -0.0662. The van der Waals surface area contributed by atoms with E-state index in [1.807, 2.05) is 0 Å². The minimum Gasteiger partial charge on any atom is -0.360 e. The summed E-state index contributed by atoms with van der Waals surface area (Å²) in [5, 5.41) is 2.43. The molecule has 0 N–H and O–H groups in total. The number of hydrogen-bond acceptors (Lipinski definition) is 2. The third-order valence-electron chi connectivity index (χ3n) is 8.27. The van der Waals surface area contributed by atoms with Gasteiger partial charge in [-0.15, -0.1) is 0 Å². The SMILES string of the molecule is CC12CCC(C)(O1)c1cc(-c3cc(N(c4ccc(Br)cc4)c4ccc(Br)cc4)c4ccccc4c3)ccc12. The molecule has 188 valence electrons. The number of benzene rings is 5. The quantitative estimate of drug-likeness (QED) is 0.197. The highest BCUT2D eigenvalue weighted by molar-refractivity contribution is 9.10. The lowest BCUT2D eigenvalue weighted by Gasteiger charge is -2.28. The normalized spacial score (nSPS) is 21.6. The van der Waals surface area contributed by atoms with Gasteiger partial charge in [-0.3, -0.25) is 0 Å². The molecule has 2 aliphatic rings. The minimum absolute atomic E-state index is 0.156. The molecule has 0 radical (unpaired) electrons. The van der Waals surface area contributed by atoms with Crippen molar-refractivity contribution in [3.63, 3.8) is 0 Å². The van der Waals surface area contributed by atoms with E-state index in [0.29, 0.717) is 0 Å². The summed E-state index contributed by atoms with van der Waals surface area (Å²) in [6.45, 7) is 4.49. The predicted molar refractivity (Wildman–Crippen MR) is 164 cm³/mol. The van der Waals surface area contributed by atoms with Crippen molar-refractivity contribution in [1.82, 2.24) is 0 Å². The Morgan fingerprint density at radius 1 is 0.632 bits per heavy atom.